The molecule has 0 unspecified atom stereocenters. The first kappa shape index (κ1) is 16.4. The van der Waals surface area contributed by atoms with E-state index in [1.165, 1.54) is 12.1 Å². The molecule has 0 saturated heterocycles. The van der Waals surface area contributed by atoms with Gasteiger partial charge in [0.25, 0.3) is 0 Å². The zero-order chi connectivity index (χ0) is 17.8. The van der Waals surface area contributed by atoms with Gasteiger partial charge in [-0.25, -0.2) is 9.37 Å². The van der Waals surface area contributed by atoms with E-state index in [2.05, 4.69) is 9.88 Å². The monoisotopic (exact) mass is 352 g/mol. The largest absolute Gasteiger partial charge is 0.468 e. The van der Waals surface area contributed by atoms with Crippen molar-refractivity contribution in [2.75, 3.05) is 0 Å². The highest BCUT2D eigenvalue weighted by atomic mass is 19.1. The van der Waals surface area contributed by atoms with Crippen LogP contribution in [0.1, 0.15) is 17.2 Å². The van der Waals surface area contributed by atoms with Crippen LogP contribution in [0.4, 0.5) is 4.39 Å². The summed E-state index contributed by atoms with van der Waals surface area (Å²) in [5.41, 5.74) is 1.52. The number of benzene rings is 1. The minimum Gasteiger partial charge on any atom is -0.468 e. The van der Waals surface area contributed by atoms with E-state index in [-0.39, 0.29) is 5.82 Å². The van der Waals surface area contributed by atoms with Crippen LogP contribution in [0, 0.1) is 5.82 Å². The molecule has 6 heteroatoms. The molecule has 0 amide bonds. The smallest absolute Gasteiger partial charge is 0.226 e. The molecule has 0 spiro atoms. The average Bonchev–Trinajstić information content (AvgIpc) is 3.38. The number of rotatable bonds is 7. The zero-order valence-electron chi connectivity index (χ0n) is 14.0. The van der Waals surface area contributed by atoms with Crippen LogP contribution in [0.5, 0.6) is 0 Å². The summed E-state index contributed by atoms with van der Waals surface area (Å²) in [6.45, 7) is 1.80. The van der Waals surface area contributed by atoms with Gasteiger partial charge in [0.2, 0.25) is 5.89 Å². The number of oxazole rings is 1. The molecule has 1 aromatic carbocycles. The van der Waals surface area contributed by atoms with Gasteiger partial charge in [-0.2, -0.15) is 0 Å². The van der Waals surface area contributed by atoms with E-state index in [0.29, 0.717) is 25.5 Å². The van der Waals surface area contributed by atoms with Gasteiger partial charge < -0.3 is 13.3 Å². The molecule has 0 bridgehead atoms. The summed E-state index contributed by atoms with van der Waals surface area (Å²) >= 11 is 0. The van der Waals surface area contributed by atoms with Gasteiger partial charge in [0.05, 0.1) is 31.3 Å². The summed E-state index contributed by atoms with van der Waals surface area (Å²) in [4.78, 5) is 6.66. The van der Waals surface area contributed by atoms with Gasteiger partial charge >= 0.3 is 0 Å². The number of hydrogen-bond donors (Lipinski definition) is 0. The molecule has 0 saturated carbocycles. The summed E-state index contributed by atoms with van der Waals surface area (Å²) in [6, 6.07) is 13.7. The molecule has 0 aliphatic rings. The highest BCUT2D eigenvalue weighted by molar-refractivity contribution is 5.52. The van der Waals surface area contributed by atoms with Crippen LogP contribution >= 0.6 is 0 Å². The maximum absolute atomic E-state index is 13.1. The molecule has 0 atom stereocenters. The Bertz CT molecular complexity index is 892. The summed E-state index contributed by atoms with van der Waals surface area (Å²) in [6.07, 6.45) is 4.93. The topological polar surface area (TPSA) is 55.6 Å². The Hall–Kier alpha value is -3.12. The lowest BCUT2D eigenvalue weighted by molar-refractivity contribution is 0.207. The molecule has 5 nitrogen and oxygen atoms in total. The second-order valence-corrected chi connectivity index (χ2v) is 5.95. The first-order chi connectivity index (χ1) is 12.8. The second kappa shape index (κ2) is 7.41. The van der Waals surface area contributed by atoms with Crippen molar-refractivity contribution in [1.82, 2.24) is 9.88 Å². The van der Waals surface area contributed by atoms with E-state index in [0.717, 1.165) is 22.8 Å². The van der Waals surface area contributed by atoms with Crippen LogP contribution in [0.2, 0.25) is 0 Å². The molecule has 0 N–H and O–H groups in total. The molecule has 26 heavy (non-hydrogen) atoms. The van der Waals surface area contributed by atoms with Crippen LogP contribution in [0.25, 0.3) is 11.5 Å². The molecule has 4 rings (SSSR count). The molecule has 0 aliphatic carbocycles. The van der Waals surface area contributed by atoms with E-state index in [1.54, 1.807) is 30.9 Å². The summed E-state index contributed by atoms with van der Waals surface area (Å²) < 4.78 is 29.5. The summed E-state index contributed by atoms with van der Waals surface area (Å²) in [7, 11) is 0. The van der Waals surface area contributed by atoms with Gasteiger partial charge in [-0.1, -0.05) is 0 Å². The lowest BCUT2D eigenvalue weighted by Crippen LogP contribution is -2.22. The van der Waals surface area contributed by atoms with E-state index in [4.69, 9.17) is 13.3 Å². The molecule has 0 radical (unpaired) electrons. The Morgan fingerprint density at radius 2 is 1.46 bits per heavy atom. The van der Waals surface area contributed by atoms with E-state index >= 15 is 0 Å². The average molecular weight is 352 g/mol. The van der Waals surface area contributed by atoms with Crippen LogP contribution in [0.3, 0.4) is 0 Å². The Morgan fingerprint density at radius 3 is 2.04 bits per heavy atom. The van der Waals surface area contributed by atoms with Gasteiger partial charge in [0.15, 0.2) is 0 Å². The van der Waals surface area contributed by atoms with Crippen LogP contribution in [0.15, 0.2) is 80.6 Å². The molecular formula is C20H17FN2O3. The highest BCUT2D eigenvalue weighted by Gasteiger charge is 2.15. The minimum absolute atomic E-state index is 0.288. The molecule has 4 aromatic rings. The number of aromatic nitrogens is 1. The van der Waals surface area contributed by atoms with Crippen molar-refractivity contribution in [3.63, 3.8) is 0 Å². The zero-order valence-corrected chi connectivity index (χ0v) is 14.0. The van der Waals surface area contributed by atoms with Crippen LogP contribution in [-0.4, -0.2) is 9.88 Å². The fraction of sp³-hybridized carbons (Fsp3) is 0.150. The molecule has 132 valence electrons. The summed E-state index contributed by atoms with van der Waals surface area (Å²) in [5.74, 6) is 1.90. The van der Waals surface area contributed by atoms with Crippen LogP contribution < -0.4 is 0 Å². The Balaban J connectivity index is 1.50. The molecular weight excluding hydrogens is 335 g/mol. The highest BCUT2D eigenvalue weighted by Crippen LogP contribution is 2.21. The van der Waals surface area contributed by atoms with E-state index in [1.807, 2.05) is 24.3 Å². The predicted octanol–water partition coefficient (Wildman–Crippen LogP) is 4.87. The molecule has 0 fully saturated rings. The van der Waals surface area contributed by atoms with Crippen molar-refractivity contribution in [2.45, 2.75) is 19.6 Å². The first-order valence-corrected chi connectivity index (χ1v) is 8.24. The summed E-state index contributed by atoms with van der Waals surface area (Å²) in [5, 5.41) is 0. The SMILES string of the molecule is Fc1ccc(-c2nc(CN(Cc3ccco3)Cc3ccco3)co2)cc1. The quantitative estimate of drug-likeness (QED) is 0.475. The number of furan rings is 2. The second-order valence-electron chi connectivity index (χ2n) is 5.95. The molecule has 0 aliphatic heterocycles. The fourth-order valence-corrected chi connectivity index (χ4v) is 2.75. The molecule has 3 aromatic heterocycles. The number of halogens is 1. The van der Waals surface area contributed by atoms with Crippen molar-refractivity contribution in [2.24, 2.45) is 0 Å². The van der Waals surface area contributed by atoms with Crippen LogP contribution in [-0.2, 0) is 19.6 Å². The lowest BCUT2D eigenvalue weighted by atomic mass is 10.2. The Morgan fingerprint density at radius 1 is 0.808 bits per heavy atom. The predicted molar refractivity (Wildman–Crippen MR) is 92.3 cm³/mol. The van der Waals surface area contributed by atoms with Gasteiger partial charge in [0, 0.05) is 12.1 Å². The van der Waals surface area contributed by atoms with Gasteiger partial charge in [-0.05, 0) is 48.5 Å². The van der Waals surface area contributed by atoms with Crippen molar-refractivity contribution in [3.8, 4) is 11.5 Å². The standard InChI is InChI=1S/C20H17FN2O3/c21-16-7-5-15(6-8-16)20-22-17(14-26-20)11-23(12-18-3-1-9-24-18)13-19-4-2-10-25-19/h1-10,14H,11-13H2. The van der Waals surface area contributed by atoms with Crippen molar-refractivity contribution < 1.29 is 17.6 Å². The van der Waals surface area contributed by atoms with E-state index < -0.39 is 0 Å². The van der Waals surface area contributed by atoms with Gasteiger partial charge in [-0.3, -0.25) is 4.90 Å². The molecule has 3 heterocycles. The maximum Gasteiger partial charge on any atom is 0.226 e. The normalized spacial score (nSPS) is 11.3. The lowest BCUT2D eigenvalue weighted by Gasteiger charge is -2.18. The Labute approximate surface area is 149 Å². The van der Waals surface area contributed by atoms with Crippen molar-refractivity contribution in [3.05, 3.63) is 90.4 Å². The number of hydrogen-bond acceptors (Lipinski definition) is 5. The maximum atomic E-state index is 13.1. The Kier molecular flexibility index (Phi) is 4.66. The third-order valence-electron chi connectivity index (χ3n) is 3.95. The first-order valence-electron chi connectivity index (χ1n) is 8.24. The third-order valence-corrected chi connectivity index (χ3v) is 3.95. The fourth-order valence-electron chi connectivity index (χ4n) is 2.75. The number of nitrogens with zero attached hydrogens (tertiary/aromatic N) is 2. The van der Waals surface area contributed by atoms with Crippen molar-refractivity contribution in [1.29, 1.82) is 0 Å². The van der Waals surface area contributed by atoms with Gasteiger partial charge in [0.1, 0.15) is 23.6 Å². The van der Waals surface area contributed by atoms with Crippen molar-refractivity contribution >= 4 is 0 Å². The van der Waals surface area contributed by atoms with E-state index in [9.17, 15) is 4.39 Å². The van der Waals surface area contributed by atoms with Gasteiger partial charge in [-0.15, -0.1) is 0 Å². The third kappa shape index (κ3) is 3.92. The minimum atomic E-state index is -0.288.